The first-order chi connectivity index (χ1) is 24.5. The molecule has 0 amide bonds. The van der Waals surface area contributed by atoms with Gasteiger partial charge in [-0.15, -0.1) is 11.3 Å². The predicted molar refractivity (Wildman–Crippen MR) is 215 cm³/mol. The van der Waals surface area contributed by atoms with Gasteiger partial charge >= 0.3 is 0 Å². The molecular formula is C47H43N3S. The second-order valence-corrected chi connectivity index (χ2v) is 16.5. The average Bonchev–Trinajstić information content (AvgIpc) is 3.79. The summed E-state index contributed by atoms with van der Waals surface area (Å²) in [5, 5.41) is 5.52. The van der Waals surface area contributed by atoms with Crippen LogP contribution in [0.2, 0.25) is 0 Å². The summed E-state index contributed by atoms with van der Waals surface area (Å²) in [4.78, 5) is 9.78. The van der Waals surface area contributed by atoms with Crippen molar-refractivity contribution in [1.82, 2.24) is 14.5 Å². The summed E-state index contributed by atoms with van der Waals surface area (Å²) in [5.41, 5.74) is 11.1. The Morgan fingerprint density at radius 3 is 1.73 bits per heavy atom. The van der Waals surface area contributed by atoms with Crippen molar-refractivity contribution < 1.29 is 0 Å². The number of hydrogen-bond acceptors (Lipinski definition) is 3. The molecule has 0 atom stereocenters. The molecular weight excluding hydrogens is 639 g/mol. The number of pyridine rings is 1. The molecule has 3 aromatic heterocycles. The Labute approximate surface area is 305 Å². The van der Waals surface area contributed by atoms with E-state index in [9.17, 15) is 0 Å². The summed E-state index contributed by atoms with van der Waals surface area (Å²) in [7, 11) is 0. The lowest BCUT2D eigenvalue weighted by Gasteiger charge is -2.37. The topological polar surface area (TPSA) is 30.7 Å². The van der Waals surface area contributed by atoms with E-state index in [1.165, 1.54) is 38.5 Å². The molecule has 3 nitrogen and oxygen atoms in total. The molecule has 0 spiro atoms. The number of para-hydroxylation sites is 1. The van der Waals surface area contributed by atoms with Gasteiger partial charge in [-0.2, -0.15) is 0 Å². The molecule has 0 aliphatic rings. The molecule has 8 rings (SSSR count). The van der Waals surface area contributed by atoms with E-state index in [4.69, 9.17) is 4.98 Å². The Morgan fingerprint density at radius 1 is 0.490 bits per heavy atom. The smallest absolute Gasteiger partial charge is 0.123 e. The van der Waals surface area contributed by atoms with Crippen molar-refractivity contribution in [2.75, 3.05) is 0 Å². The van der Waals surface area contributed by atoms with Crippen LogP contribution in [0.1, 0.15) is 75.1 Å². The first-order valence-electron chi connectivity index (χ1n) is 17.7. The van der Waals surface area contributed by atoms with Crippen LogP contribution >= 0.6 is 11.3 Å². The normalized spacial score (nSPS) is 12.5. The van der Waals surface area contributed by atoms with Crippen molar-refractivity contribution in [3.63, 3.8) is 0 Å². The van der Waals surface area contributed by atoms with E-state index in [-0.39, 0.29) is 10.8 Å². The van der Waals surface area contributed by atoms with E-state index < -0.39 is 5.41 Å². The van der Waals surface area contributed by atoms with Crippen LogP contribution in [-0.2, 0) is 16.2 Å². The molecule has 0 N–H and O–H groups in total. The molecule has 0 fully saturated rings. The van der Waals surface area contributed by atoms with Gasteiger partial charge in [0.1, 0.15) is 5.01 Å². The minimum Gasteiger partial charge on any atom is -0.309 e. The molecule has 0 unspecified atom stereocenters. The number of thiazole rings is 1. The SMILES string of the molecule is CC(C)(C)c1ccc(C(c2ccc(C(C)(C)C)cc2)(c2cccc(-n3c4ccccc4c4ccc(-c5nccs5)cc43)c2)c2ccccn2)cc1. The van der Waals surface area contributed by atoms with Crippen molar-refractivity contribution in [1.29, 1.82) is 0 Å². The monoisotopic (exact) mass is 681 g/mol. The van der Waals surface area contributed by atoms with E-state index >= 15 is 0 Å². The summed E-state index contributed by atoms with van der Waals surface area (Å²) in [6.07, 6.45) is 3.80. The molecule has 8 aromatic rings. The largest absolute Gasteiger partial charge is 0.309 e. The number of benzene rings is 5. The summed E-state index contributed by atoms with van der Waals surface area (Å²) < 4.78 is 2.42. The summed E-state index contributed by atoms with van der Waals surface area (Å²) in [6, 6.07) is 49.4. The summed E-state index contributed by atoms with van der Waals surface area (Å²) in [6.45, 7) is 13.6. The Morgan fingerprint density at radius 2 is 1.12 bits per heavy atom. The van der Waals surface area contributed by atoms with Gasteiger partial charge in [-0.3, -0.25) is 4.98 Å². The standard InChI is InChI=1S/C47H43N3S/c1-45(2,3)33-18-22-35(23-19-33)47(43-16-9-10-27-48-43,36-24-20-34(21-25-36)46(4,5)6)37-12-11-13-38(31-37)50-41-15-8-7-14-39(41)40-26-17-32(30-42(40)50)44-49-28-29-51-44/h7-31H,1-6H3. The minimum absolute atomic E-state index is 0.0362. The van der Waals surface area contributed by atoms with E-state index in [0.29, 0.717) is 0 Å². The lowest BCUT2D eigenvalue weighted by Crippen LogP contribution is -2.32. The van der Waals surface area contributed by atoms with Crippen LogP contribution in [0.5, 0.6) is 0 Å². The van der Waals surface area contributed by atoms with E-state index in [1.54, 1.807) is 11.3 Å². The van der Waals surface area contributed by atoms with Crippen molar-refractivity contribution >= 4 is 33.1 Å². The second-order valence-electron chi connectivity index (χ2n) is 15.6. The Kier molecular flexibility index (Phi) is 8.03. The van der Waals surface area contributed by atoms with Gasteiger partial charge < -0.3 is 4.57 Å². The predicted octanol–water partition coefficient (Wildman–Crippen LogP) is 12.3. The summed E-state index contributed by atoms with van der Waals surface area (Å²) in [5.74, 6) is 0. The number of aromatic nitrogens is 3. The molecule has 51 heavy (non-hydrogen) atoms. The maximum absolute atomic E-state index is 5.14. The maximum atomic E-state index is 5.14. The number of hydrogen-bond donors (Lipinski definition) is 0. The van der Waals surface area contributed by atoms with Crippen LogP contribution in [0.3, 0.4) is 0 Å². The molecule has 0 aliphatic carbocycles. The quantitative estimate of drug-likeness (QED) is 0.164. The Bertz CT molecular complexity index is 2400. The fraction of sp³-hybridized carbons (Fsp3) is 0.191. The Balaban J connectivity index is 1.43. The zero-order valence-electron chi connectivity index (χ0n) is 30.2. The molecule has 4 heteroatoms. The molecule has 0 radical (unpaired) electrons. The van der Waals surface area contributed by atoms with Crippen LogP contribution < -0.4 is 0 Å². The molecule has 252 valence electrons. The first-order valence-corrected chi connectivity index (χ1v) is 18.6. The molecule has 0 aliphatic heterocycles. The van der Waals surface area contributed by atoms with Gasteiger partial charge in [-0.1, -0.05) is 139 Å². The van der Waals surface area contributed by atoms with Crippen molar-refractivity contribution in [2.45, 2.75) is 57.8 Å². The van der Waals surface area contributed by atoms with Crippen molar-refractivity contribution in [2.24, 2.45) is 0 Å². The maximum Gasteiger partial charge on any atom is 0.123 e. The number of rotatable bonds is 6. The molecule has 3 heterocycles. The molecule has 0 bridgehead atoms. The lowest BCUT2D eigenvalue weighted by atomic mass is 9.66. The van der Waals surface area contributed by atoms with E-state index in [0.717, 1.165) is 33.0 Å². The third-order valence-electron chi connectivity index (χ3n) is 10.3. The molecule has 0 saturated heterocycles. The second kappa shape index (κ2) is 12.5. The average molecular weight is 682 g/mol. The lowest BCUT2D eigenvalue weighted by molar-refractivity contribution is 0.588. The van der Waals surface area contributed by atoms with Crippen LogP contribution in [0.15, 0.2) is 151 Å². The van der Waals surface area contributed by atoms with E-state index in [2.05, 4.69) is 178 Å². The number of fused-ring (bicyclic) bond motifs is 3. The zero-order valence-corrected chi connectivity index (χ0v) is 31.0. The highest BCUT2D eigenvalue weighted by molar-refractivity contribution is 7.13. The van der Waals surface area contributed by atoms with Crippen molar-refractivity contribution in [3.05, 3.63) is 185 Å². The van der Waals surface area contributed by atoms with Gasteiger partial charge in [0.2, 0.25) is 0 Å². The third-order valence-corrected chi connectivity index (χ3v) is 11.1. The van der Waals surface area contributed by atoms with Crippen LogP contribution in [0, 0.1) is 0 Å². The summed E-state index contributed by atoms with van der Waals surface area (Å²) >= 11 is 1.67. The van der Waals surface area contributed by atoms with Gasteiger partial charge in [0.15, 0.2) is 0 Å². The van der Waals surface area contributed by atoms with Gasteiger partial charge in [-0.25, -0.2) is 4.98 Å². The van der Waals surface area contributed by atoms with Crippen LogP contribution in [0.25, 0.3) is 38.1 Å². The Hall–Kier alpha value is -5.32. The van der Waals surface area contributed by atoms with Crippen LogP contribution in [0.4, 0.5) is 0 Å². The van der Waals surface area contributed by atoms with Gasteiger partial charge in [0.05, 0.1) is 22.1 Å². The highest BCUT2D eigenvalue weighted by atomic mass is 32.1. The zero-order chi connectivity index (χ0) is 35.4. The fourth-order valence-corrected chi connectivity index (χ4v) is 8.23. The number of nitrogens with zero attached hydrogens (tertiary/aromatic N) is 3. The first kappa shape index (κ1) is 32.9. The minimum atomic E-state index is -0.686. The van der Waals surface area contributed by atoms with E-state index in [1.807, 2.05) is 23.8 Å². The van der Waals surface area contributed by atoms with Gasteiger partial charge in [-0.05, 0) is 75.0 Å². The highest BCUT2D eigenvalue weighted by Crippen LogP contribution is 2.46. The van der Waals surface area contributed by atoms with Gasteiger partial charge in [0.25, 0.3) is 0 Å². The van der Waals surface area contributed by atoms with Gasteiger partial charge in [0, 0.05) is 39.8 Å². The van der Waals surface area contributed by atoms with Crippen LogP contribution in [-0.4, -0.2) is 14.5 Å². The molecule has 5 aromatic carbocycles. The highest BCUT2D eigenvalue weighted by Gasteiger charge is 2.40. The molecule has 0 saturated carbocycles. The fourth-order valence-electron chi connectivity index (χ4n) is 7.59. The van der Waals surface area contributed by atoms with Crippen molar-refractivity contribution in [3.8, 4) is 16.3 Å². The third kappa shape index (κ3) is 5.68.